The molecule has 236 valence electrons. The number of aromatic nitrogens is 2. The van der Waals surface area contributed by atoms with Crippen molar-refractivity contribution in [3.63, 3.8) is 0 Å². The number of nitrogens with zero attached hydrogens (tertiary/aromatic N) is 3. The Morgan fingerprint density at radius 3 is 1.55 bits per heavy atom. The zero-order chi connectivity index (χ0) is 33.9. The first kappa shape index (κ1) is 29.1. The molecule has 51 heavy (non-hydrogen) atoms. The van der Waals surface area contributed by atoms with Crippen molar-refractivity contribution in [3.05, 3.63) is 210 Å². The maximum Gasteiger partial charge on any atom is 0.187 e. The second-order valence-electron chi connectivity index (χ2n) is 13.2. The van der Waals surface area contributed by atoms with Crippen LogP contribution in [0.25, 0.3) is 72.1 Å². The summed E-state index contributed by atoms with van der Waals surface area (Å²) in [5.74, 6) is 0.701. The molecule has 2 aliphatic rings. The Morgan fingerprint density at radius 1 is 0.392 bits per heavy atom. The summed E-state index contributed by atoms with van der Waals surface area (Å²) in [4.78, 5) is 13.9. The van der Waals surface area contributed by atoms with Crippen LogP contribution in [-0.4, -0.2) is 9.97 Å². The first-order chi connectivity index (χ1) is 25.2. The molecule has 0 bridgehead atoms. The highest BCUT2D eigenvalue weighted by atomic mass is 14.9. The maximum atomic E-state index is 7.90. The number of benzene rings is 7. The molecule has 0 atom stereocenters. The van der Waals surface area contributed by atoms with Crippen LogP contribution in [0.1, 0.15) is 22.3 Å². The Morgan fingerprint density at radius 2 is 0.902 bits per heavy atom. The van der Waals surface area contributed by atoms with E-state index in [1.54, 1.807) is 0 Å². The van der Waals surface area contributed by atoms with Gasteiger partial charge < -0.3 is 0 Å². The van der Waals surface area contributed by atoms with E-state index in [-0.39, 0.29) is 0 Å². The topological polar surface area (TPSA) is 30.1 Å². The highest BCUT2D eigenvalue weighted by Crippen LogP contribution is 2.64. The molecule has 8 aromatic rings. The van der Waals surface area contributed by atoms with Gasteiger partial charge in [0.2, 0.25) is 0 Å². The lowest BCUT2D eigenvalue weighted by atomic mass is 9.70. The summed E-state index contributed by atoms with van der Waals surface area (Å²) in [7, 11) is 0. The van der Waals surface area contributed by atoms with Crippen molar-refractivity contribution in [2.24, 2.45) is 0 Å². The van der Waals surface area contributed by atoms with E-state index in [0.29, 0.717) is 11.5 Å². The number of rotatable bonds is 4. The first-order valence-corrected chi connectivity index (χ1v) is 17.2. The molecule has 2 aliphatic carbocycles. The van der Waals surface area contributed by atoms with Gasteiger partial charge in [-0.1, -0.05) is 164 Å². The largest absolute Gasteiger partial charge is 0.238 e. The third-order valence-electron chi connectivity index (χ3n) is 10.5. The molecule has 10 rings (SSSR count). The van der Waals surface area contributed by atoms with Crippen LogP contribution in [0.15, 0.2) is 176 Å². The van der Waals surface area contributed by atoms with Crippen LogP contribution in [-0.2, 0) is 5.41 Å². The van der Waals surface area contributed by atoms with E-state index in [1.807, 2.05) is 42.5 Å². The molecule has 1 spiro atoms. The zero-order valence-corrected chi connectivity index (χ0v) is 27.6. The van der Waals surface area contributed by atoms with Crippen molar-refractivity contribution in [1.82, 2.24) is 9.97 Å². The molecule has 7 aromatic carbocycles. The Balaban J connectivity index is 1.15. The van der Waals surface area contributed by atoms with Gasteiger partial charge in [0.05, 0.1) is 23.4 Å². The molecule has 0 aliphatic heterocycles. The quantitative estimate of drug-likeness (QED) is 0.178. The van der Waals surface area contributed by atoms with Gasteiger partial charge in [-0.15, -0.1) is 0 Å². The molecule has 1 heterocycles. The Labute approximate surface area is 297 Å². The minimum absolute atomic E-state index is 0.461. The molecule has 0 unspecified atom stereocenters. The van der Waals surface area contributed by atoms with Crippen molar-refractivity contribution in [2.75, 3.05) is 0 Å². The molecule has 0 N–H and O–H groups in total. The monoisotopic (exact) mass is 647 g/mol. The lowest BCUT2D eigenvalue weighted by Crippen LogP contribution is -2.25. The number of hydrogen-bond donors (Lipinski definition) is 0. The van der Waals surface area contributed by atoms with Gasteiger partial charge in [0.1, 0.15) is 0 Å². The third kappa shape index (κ3) is 4.30. The highest BCUT2D eigenvalue weighted by Gasteiger charge is 2.52. The molecular weight excluding hydrogens is 619 g/mol. The second kappa shape index (κ2) is 11.3. The molecule has 3 nitrogen and oxygen atoms in total. The molecule has 0 saturated carbocycles. The van der Waals surface area contributed by atoms with Gasteiger partial charge >= 0.3 is 0 Å². The van der Waals surface area contributed by atoms with Crippen LogP contribution in [0.5, 0.6) is 0 Å². The normalized spacial score (nSPS) is 12.8. The van der Waals surface area contributed by atoms with Crippen molar-refractivity contribution in [2.45, 2.75) is 5.41 Å². The molecule has 3 heteroatoms. The van der Waals surface area contributed by atoms with E-state index in [1.165, 1.54) is 38.9 Å². The summed E-state index contributed by atoms with van der Waals surface area (Å²) in [6.45, 7) is 7.90. The fourth-order valence-electron chi connectivity index (χ4n) is 8.38. The Kier molecular flexibility index (Phi) is 6.46. The Hall–Kier alpha value is -6.89. The summed E-state index contributed by atoms with van der Waals surface area (Å²) in [6.07, 6.45) is 0. The average molecular weight is 648 g/mol. The van der Waals surface area contributed by atoms with E-state index < -0.39 is 5.41 Å². The van der Waals surface area contributed by atoms with Crippen LogP contribution in [0.3, 0.4) is 0 Å². The minimum Gasteiger partial charge on any atom is -0.238 e. The van der Waals surface area contributed by atoms with Crippen LogP contribution in [0.2, 0.25) is 0 Å². The van der Waals surface area contributed by atoms with E-state index in [0.717, 1.165) is 44.8 Å². The van der Waals surface area contributed by atoms with Gasteiger partial charge in [0.25, 0.3) is 0 Å². The first-order valence-electron chi connectivity index (χ1n) is 17.2. The smallest absolute Gasteiger partial charge is 0.187 e. The molecule has 0 amide bonds. The fourth-order valence-corrected chi connectivity index (χ4v) is 8.38. The van der Waals surface area contributed by atoms with Crippen LogP contribution >= 0.6 is 0 Å². The summed E-state index contributed by atoms with van der Waals surface area (Å²) >= 11 is 0. The average Bonchev–Trinajstić information content (AvgIpc) is 3.68. The highest BCUT2D eigenvalue weighted by molar-refractivity contribution is 6.00. The van der Waals surface area contributed by atoms with Gasteiger partial charge in [-0.2, -0.15) is 0 Å². The van der Waals surface area contributed by atoms with Crippen LogP contribution in [0.4, 0.5) is 5.69 Å². The Bertz CT molecular complexity index is 2580. The predicted octanol–water partition coefficient (Wildman–Crippen LogP) is 12.0. The maximum absolute atomic E-state index is 7.90. The lowest BCUT2D eigenvalue weighted by Gasteiger charge is -2.30. The predicted molar refractivity (Wildman–Crippen MR) is 206 cm³/mol. The van der Waals surface area contributed by atoms with Gasteiger partial charge in [0, 0.05) is 16.7 Å². The van der Waals surface area contributed by atoms with Crippen molar-refractivity contribution >= 4 is 5.69 Å². The third-order valence-corrected chi connectivity index (χ3v) is 10.5. The number of hydrogen-bond acceptors (Lipinski definition) is 2. The van der Waals surface area contributed by atoms with E-state index in [9.17, 15) is 0 Å². The number of fused-ring (bicyclic) bond motifs is 10. The van der Waals surface area contributed by atoms with Gasteiger partial charge in [-0.3, -0.25) is 0 Å². The SMILES string of the molecule is [C-]#[N+]c1ccc2c(c1)-c1c(-c3ccc(-c4cc(-c5ccccc5)nc(-c5ccccc5)n4)cc3)cccc1C21c2ccccc2-c2ccccc21. The molecular formula is C48H29N3. The van der Waals surface area contributed by atoms with Gasteiger partial charge in [-0.25, -0.2) is 14.8 Å². The molecule has 0 radical (unpaired) electrons. The van der Waals surface area contributed by atoms with Crippen molar-refractivity contribution in [3.8, 4) is 67.3 Å². The fraction of sp³-hybridized carbons (Fsp3) is 0.0208. The standard InChI is InChI=1S/C48H29N3/c1-49-35-27-28-42-39(29-35)46-36(19-12-22-43(46)48(42)40-20-10-8-17-37(40)38-18-9-11-21-41(38)48)31-23-25-33(26-24-31)45-30-44(32-13-4-2-5-14-32)50-47(51-45)34-15-6-3-7-16-34/h2-30H. The summed E-state index contributed by atoms with van der Waals surface area (Å²) in [5, 5.41) is 0. The van der Waals surface area contributed by atoms with Crippen LogP contribution < -0.4 is 0 Å². The minimum atomic E-state index is -0.461. The lowest BCUT2D eigenvalue weighted by molar-refractivity contribution is 0.794. The van der Waals surface area contributed by atoms with Gasteiger partial charge in [0.15, 0.2) is 11.5 Å². The molecule has 0 fully saturated rings. The van der Waals surface area contributed by atoms with Crippen LogP contribution in [0, 0.1) is 6.57 Å². The summed E-state index contributed by atoms with van der Waals surface area (Å²) < 4.78 is 0. The molecule has 0 saturated heterocycles. The van der Waals surface area contributed by atoms with E-state index >= 15 is 0 Å². The van der Waals surface area contributed by atoms with Crippen molar-refractivity contribution < 1.29 is 0 Å². The van der Waals surface area contributed by atoms with E-state index in [2.05, 4.69) is 138 Å². The van der Waals surface area contributed by atoms with Crippen molar-refractivity contribution in [1.29, 1.82) is 0 Å². The summed E-state index contributed by atoms with van der Waals surface area (Å²) in [6, 6.07) is 61.9. The van der Waals surface area contributed by atoms with Gasteiger partial charge in [-0.05, 0) is 67.8 Å². The second-order valence-corrected chi connectivity index (χ2v) is 13.2. The molecule has 1 aromatic heterocycles. The zero-order valence-electron chi connectivity index (χ0n) is 27.6. The summed E-state index contributed by atoms with van der Waals surface area (Å²) in [5.41, 5.74) is 17.2. The van der Waals surface area contributed by atoms with E-state index in [4.69, 9.17) is 16.5 Å².